The van der Waals surface area contributed by atoms with E-state index in [2.05, 4.69) is 15.6 Å². The molecule has 1 aliphatic rings. The van der Waals surface area contributed by atoms with Gasteiger partial charge in [0.15, 0.2) is 5.96 Å². The van der Waals surface area contributed by atoms with Crippen molar-refractivity contribution in [1.29, 1.82) is 0 Å². The van der Waals surface area contributed by atoms with E-state index in [9.17, 15) is 4.79 Å². The van der Waals surface area contributed by atoms with Crippen molar-refractivity contribution < 1.29 is 9.53 Å². The molecule has 0 aromatic rings. The van der Waals surface area contributed by atoms with Crippen LogP contribution in [0.3, 0.4) is 0 Å². The molecule has 0 bridgehead atoms. The highest BCUT2D eigenvalue weighted by Gasteiger charge is 2.27. The Morgan fingerprint density at radius 3 is 2.59 bits per heavy atom. The minimum absolute atomic E-state index is 0.0494. The summed E-state index contributed by atoms with van der Waals surface area (Å²) in [7, 11) is 3.73. The smallest absolute Gasteiger partial charge is 0.227 e. The number of aliphatic imine (C=N–C) groups is 1. The molecule has 2 N–H and O–H groups in total. The number of rotatable bonds is 9. The average molecular weight is 312 g/mol. The lowest BCUT2D eigenvalue weighted by molar-refractivity contribution is -0.128. The number of carbonyl (C=O) groups excluding carboxylic acids is 1. The van der Waals surface area contributed by atoms with Gasteiger partial charge < -0.3 is 20.3 Å². The van der Waals surface area contributed by atoms with Crippen LogP contribution in [0.2, 0.25) is 0 Å². The molecule has 0 aromatic carbocycles. The van der Waals surface area contributed by atoms with Crippen molar-refractivity contribution >= 4 is 11.9 Å². The maximum Gasteiger partial charge on any atom is 0.227 e. The van der Waals surface area contributed by atoms with Gasteiger partial charge in [-0.2, -0.15) is 0 Å². The molecule has 0 heterocycles. The summed E-state index contributed by atoms with van der Waals surface area (Å²) in [5.74, 6) is 1.63. The number of carbonyl (C=O) groups is 1. The third-order valence-electron chi connectivity index (χ3n) is 3.84. The number of nitrogens with zero attached hydrogens (tertiary/aromatic N) is 2. The van der Waals surface area contributed by atoms with Crippen LogP contribution in [0, 0.1) is 11.3 Å². The molecule has 0 atom stereocenters. The molecular formula is C16H32N4O2. The number of ether oxygens (including phenoxy) is 1. The van der Waals surface area contributed by atoms with E-state index in [1.54, 1.807) is 7.05 Å². The van der Waals surface area contributed by atoms with Gasteiger partial charge in [0.25, 0.3) is 0 Å². The fourth-order valence-electron chi connectivity index (χ4n) is 2.01. The molecule has 0 radical (unpaired) electrons. The van der Waals surface area contributed by atoms with Crippen molar-refractivity contribution in [3.63, 3.8) is 0 Å². The van der Waals surface area contributed by atoms with Crippen molar-refractivity contribution in [3.05, 3.63) is 0 Å². The first-order valence-corrected chi connectivity index (χ1v) is 8.18. The SMILES string of the molecule is CCNC(=O)C(C)(C)CNC(=NC)N(C)CCOCC1CC1. The van der Waals surface area contributed by atoms with E-state index in [0.717, 1.165) is 25.0 Å². The standard InChI is InChI=1S/C16H32N4O2/c1-6-18-14(21)16(2,3)12-19-15(17-4)20(5)9-10-22-11-13-7-8-13/h13H,6-12H2,1-5H3,(H,17,19)(H,18,21). The molecule has 1 fully saturated rings. The van der Waals surface area contributed by atoms with Gasteiger partial charge in [-0.1, -0.05) is 0 Å². The van der Waals surface area contributed by atoms with Gasteiger partial charge in [0.2, 0.25) is 5.91 Å². The molecule has 0 aromatic heterocycles. The van der Waals surface area contributed by atoms with E-state index >= 15 is 0 Å². The summed E-state index contributed by atoms with van der Waals surface area (Å²) >= 11 is 0. The summed E-state index contributed by atoms with van der Waals surface area (Å²) in [6, 6.07) is 0. The number of hydrogen-bond donors (Lipinski definition) is 2. The highest BCUT2D eigenvalue weighted by Crippen LogP contribution is 2.28. The third-order valence-corrected chi connectivity index (χ3v) is 3.84. The summed E-state index contributed by atoms with van der Waals surface area (Å²) in [5, 5.41) is 6.13. The fraction of sp³-hybridized carbons (Fsp3) is 0.875. The Labute approximate surface area is 134 Å². The predicted octanol–water partition coefficient (Wildman–Crippen LogP) is 1.08. The van der Waals surface area contributed by atoms with Crippen LogP contribution in [0.5, 0.6) is 0 Å². The number of likely N-dealkylation sites (N-methyl/N-ethyl adjacent to an activating group) is 1. The Bertz CT molecular complexity index is 378. The van der Waals surface area contributed by atoms with E-state index in [1.165, 1.54) is 12.8 Å². The molecule has 6 nitrogen and oxygen atoms in total. The molecule has 6 heteroatoms. The summed E-state index contributed by atoms with van der Waals surface area (Å²) in [6.07, 6.45) is 2.63. The quantitative estimate of drug-likeness (QED) is 0.380. The van der Waals surface area contributed by atoms with E-state index in [1.807, 2.05) is 32.7 Å². The van der Waals surface area contributed by atoms with Gasteiger partial charge in [0.05, 0.1) is 12.0 Å². The van der Waals surface area contributed by atoms with E-state index in [-0.39, 0.29) is 5.91 Å². The summed E-state index contributed by atoms with van der Waals surface area (Å²) in [4.78, 5) is 18.3. The van der Waals surface area contributed by atoms with Crippen LogP contribution in [-0.2, 0) is 9.53 Å². The van der Waals surface area contributed by atoms with Crippen molar-refractivity contribution in [1.82, 2.24) is 15.5 Å². The van der Waals surface area contributed by atoms with Crippen LogP contribution in [0.4, 0.5) is 0 Å². The largest absolute Gasteiger partial charge is 0.379 e. The predicted molar refractivity (Wildman–Crippen MR) is 90.0 cm³/mol. The second-order valence-corrected chi connectivity index (χ2v) is 6.58. The first-order chi connectivity index (χ1) is 10.4. The maximum atomic E-state index is 12.0. The van der Waals surface area contributed by atoms with Gasteiger partial charge in [0, 0.05) is 40.3 Å². The number of amides is 1. The van der Waals surface area contributed by atoms with Crippen LogP contribution in [0.1, 0.15) is 33.6 Å². The average Bonchev–Trinajstić information content (AvgIpc) is 3.28. The monoisotopic (exact) mass is 312 g/mol. The van der Waals surface area contributed by atoms with Gasteiger partial charge in [-0.05, 0) is 39.5 Å². The minimum atomic E-state index is -0.477. The minimum Gasteiger partial charge on any atom is -0.379 e. The zero-order chi connectivity index (χ0) is 16.6. The Kier molecular flexibility index (Phi) is 7.65. The molecule has 128 valence electrons. The van der Waals surface area contributed by atoms with E-state index in [0.29, 0.717) is 19.7 Å². The molecule has 22 heavy (non-hydrogen) atoms. The van der Waals surface area contributed by atoms with Crippen LogP contribution in [0.25, 0.3) is 0 Å². The molecule has 0 saturated heterocycles. The Hall–Kier alpha value is -1.30. The molecular weight excluding hydrogens is 280 g/mol. The molecule has 1 aliphatic carbocycles. The Morgan fingerprint density at radius 1 is 1.36 bits per heavy atom. The first kappa shape index (κ1) is 18.7. The third kappa shape index (κ3) is 6.64. The second-order valence-electron chi connectivity index (χ2n) is 6.58. The van der Waals surface area contributed by atoms with E-state index in [4.69, 9.17) is 4.74 Å². The zero-order valence-corrected chi connectivity index (χ0v) is 14.7. The topological polar surface area (TPSA) is 66.0 Å². The number of nitrogens with one attached hydrogen (secondary N) is 2. The molecule has 0 spiro atoms. The summed E-state index contributed by atoms with van der Waals surface area (Å²) in [5.41, 5.74) is -0.477. The summed E-state index contributed by atoms with van der Waals surface area (Å²) in [6.45, 7) is 9.34. The number of guanidine groups is 1. The normalized spacial score (nSPS) is 15.6. The number of hydrogen-bond acceptors (Lipinski definition) is 3. The van der Waals surface area contributed by atoms with Crippen molar-refractivity contribution in [2.45, 2.75) is 33.6 Å². The van der Waals surface area contributed by atoms with Crippen molar-refractivity contribution in [2.24, 2.45) is 16.3 Å². The fourth-order valence-corrected chi connectivity index (χ4v) is 2.01. The lowest BCUT2D eigenvalue weighted by atomic mass is 9.92. The molecule has 1 amide bonds. The van der Waals surface area contributed by atoms with Crippen LogP contribution in [0.15, 0.2) is 4.99 Å². The molecule has 1 saturated carbocycles. The van der Waals surface area contributed by atoms with E-state index < -0.39 is 5.41 Å². The first-order valence-electron chi connectivity index (χ1n) is 8.18. The summed E-state index contributed by atoms with van der Waals surface area (Å²) < 4.78 is 5.65. The van der Waals surface area contributed by atoms with Gasteiger partial charge in [-0.3, -0.25) is 9.79 Å². The zero-order valence-electron chi connectivity index (χ0n) is 14.7. The van der Waals surface area contributed by atoms with Crippen molar-refractivity contribution in [3.8, 4) is 0 Å². The lowest BCUT2D eigenvalue weighted by Crippen LogP contribution is -2.48. The van der Waals surface area contributed by atoms with Gasteiger partial charge in [-0.25, -0.2) is 0 Å². The Balaban J connectivity index is 2.31. The highest BCUT2D eigenvalue weighted by atomic mass is 16.5. The molecule has 1 rings (SSSR count). The van der Waals surface area contributed by atoms with Crippen LogP contribution in [-0.4, -0.2) is 63.7 Å². The highest BCUT2D eigenvalue weighted by molar-refractivity contribution is 5.84. The van der Waals surface area contributed by atoms with Crippen LogP contribution < -0.4 is 10.6 Å². The lowest BCUT2D eigenvalue weighted by Gasteiger charge is -2.28. The maximum absolute atomic E-state index is 12.0. The van der Waals surface area contributed by atoms with Gasteiger partial charge in [-0.15, -0.1) is 0 Å². The molecule has 0 unspecified atom stereocenters. The van der Waals surface area contributed by atoms with Crippen molar-refractivity contribution in [2.75, 3.05) is 46.9 Å². The second kappa shape index (κ2) is 8.98. The Morgan fingerprint density at radius 2 is 2.05 bits per heavy atom. The van der Waals surface area contributed by atoms with Crippen LogP contribution >= 0.6 is 0 Å². The van der Waals surface area contributed by atoms with Gasteiger partial charge >= 0.3 is 0 Å². The van der Waals surface area contributed by atoms with Gasteiger partial charge in [0.1, 0.15) is 0 Å². The molecule has 0 aliphatic heterocycles.